The number of thioether (sulfide) groups is 1. The lowest BCUT2D eigenvalue weighted by Crippen LogP contribution is -2.35. The summed E-state index contributed by atoms with van der Waals surface area (Å²) in [5.74, 6) is 0.417. The van der Waals surface area contributed by atoms with Crippen LogP contribution in [0.25, 0.3) is 10.7 Å². The van der Waals surface area contributed by atoms with Gasteiger partial charge in [-0.1, -0.05) is 23.9 Å². The SMILES string of the molecule is Cc1ccc(NC(=O)NC(=O)CSc2nnc(-c3cccs3)n2CC2CCCO2)cc1C. The fourth-order valence-electron chi connectivity index (χ4n) is 3.41. The molecule has 3 heterocycles. The number of nitrogens with one attached hydrogen (secondary N) is 2. The van der Waals surface area contributed by atoms with E-state index < -0.39 is 11.9 Å². The molecule has 1 aliphatic heterocycles. The van der Waals surface area contributed by atoms with Gasteiger partial charge in [-0.3, -0.25) is 14.7 Å². The molecule has 2 N–H and O–H groups in total. The summed E-state index contributed by atoms with van der Waals surface area (Å²) in [5, 5.41) is 16.3. The van der Waals surface area contributed by atoms with Gasteiger partial charge in [-0.15, -0.1) is 21.5 Å². The molecule has 4 rings (SSSR count). The molecule has 1 atom stereocenters. The Balaban J connectivity index is 1.37. The van der Waals surface area contributed by atoms with E-state index in [1.165, 1.54) is 11.8 Å². The topological polar surface area (TPSA) is 98.1 Å². The lowest BCUT2D eigenvalue weighted by Gasteiger charge is -2.14. The number of urea groups is 1. The van der Waals surface area contributed by atoms with Crippen LogP contribution in [0.4, 0.5) is 10.5 Å². The highest BCUT2D eigenvalue weighted by atomic mass is 32.2. The van der Waals surface area contributed by atoms with Gasteiger partial charge in [-0.25, -0.2) is 4.79 Å². The van der Waals surface area contributed by atoms with Crippen LogP contribution >= 0.6 is 23.1 Å². The zero-order valence-corrected chi connectivity index (χ0v) is 19.6. The zero-order chi connectivity index (χ0) is 22.5. The van der Waals surface area contributed by atoms with Crippen molar-refractivity contribution >= 4 is 40.7 Å². The number of carbonyl (C=O) groups is 2. The molecule has 0 aliphatic carbocycles. The van der Waals surface area contributed by atoms with E-state index in [-0.39, 0.29) is 11.9 Å². The number of amides is 3. The summed E-state index contributed by atoms with van der Waals surface area (Å²) >= 11 is 2.85. The van der Waals surface area contributed by atoms with Gasteiger partial charge < -0.3 is 10.1 Å². The second kappa shape index (κ2) is 10.3. The molecule has 2 aromatic heterocycles. The van der Waals surface area contributed by atoms with Crippen molar-refractivity contribution in [3.63, 3.8) is 0 Å². The summed E-state index contributed by atoms with van der Waals surface area (Å²) in [5.41, 5.74) is 2.84. The molecule has 0 radical (unpaired) electrons. The van der Waals surface area contributed by atoms with E-state index in [0.29, 0.717) is 17.4 Å². The van der Waals surface area contributed by atoms with Crippen LogP contribution in [0, 0.1) is 13.8 Å². The Morgan fingerprint density at radius 3 is 2.84 bits per heavy atom. The first-order valence-electron chi connectivity index (χ1n) is 10.4. The first kappa shape index (κ1) is 22.5. The van der Waals surface area contributed by atoms with Crippen LogP contribution in [-0.2, 0) is 16.1 Å². The number of aromatic nitrogens is 3. The third kappa shape index (κ3) is 5.56. The Morgan fingerprint density at radius 2 is 2.12 bits per heavy atom. The van der Waals surface area contributed by atoms with E-state index in [1.807, 2.05) is 48.1 Å². The van der Waals surface area contributed by atoms with Crippen molar-refractivity contribution in [3.8, 4) is 10.7 Å². The maximum atomic E-state index is 12.4. The predicted molar refractivity (Wildman–Crippen MR) is 126 cm³/mol. The highest BCUT2D eigenvalue weighted by Crippen LogP contribution is 2.29. The summed E-state index contributed by atoms with van der Waals surface area (Å²) in [6.45, 7) is 5.37. The molecule has 10 heteroatoms. The maximum Gasteiger partial charge on any atom is 0.325 e. The highest BCUT2D eigenvalue weighted by Gasteiger charge is 2.22. The normalized spacial score (nSPS) is 15.6. The molecule has 3 amide bonds. The maximum absolute atomic E-state index is 12.4. The largest absolute Gasteiger partial charge is 0.376 e. The van der Waals surface area contributed by atoms with Gasteiger partial charge in [0, 0.05) is 12.3 Å². The van der Waals surface area contributed by atoms with E-state index in [1.54, 1.807) is 17.4 Å². The molecule has 1 aliphatic rings. The predicted octanol–water partition coefficient (Wildman–Crippen LogP) is 4.24. The number of thiophene rings is 1. The first-order chi connectivity index (χ1) is 15.5. The number of nitrogens with zero attached hydrogens (tertiary/aromatic N) is 3. The van der Waals surface area contributed by atoms with E-state index in [2.05, 4.69) is 20.8 Å². The van der Waals surface area contributed by atoms with Gasteiger partial charge in [0.05, 0.1) is 23.3 Å². The lowest BCUT2D eigenvalue weighted by molar-refractivity contribution is -0.117. The Bertz CT molecular complexity index is 1090. The number of ether oxygens (including phenoxy) is 1. The van der Waals surface area contributed by atoms with Crippen molar-refractivity contribution in [2.24, 2.45) is 0 Å². The average molecular weight is 472 g/mol. The van der Waals surface area contributed by atoms with E-state index in [0.717, 1.165) is 41.3 Å². The summed E-state index contributed by atoms with van der Waals surface area (Å²) in [7, 11) is 0. The molecule has 32 heavy (non-hydrogen) atoms. The monoisotopic (exact) mass is 471 g/mol. The van der Waals surface area contributed by atoms with Gasteiger partial charge in [-0.2, -0.15) is 0 Å². The van der Waals surface area contributed by atoms with E-state index >= 15 is 0 Å². The second-order valence-electron chi connectivity index (χ2n) is 7.62. The van der Waals surface area contributed by atoms with Crippen LogP contribution in [0.5, 0.6) is 0 Å². The molecule has 0 spiro atoms. The van der Waals surface area contributed by atoms with Crippen LogP contribution in [0.15, 0.2) is 40.9 Å². The van der Waals surface area contributed by atoms with Gasteiger partial charge in [0.15, 0.2) is 11.0 Å². The summed E-state index contributed by atoms with van der Waals surface area (Å²) in [6.07, 6.45) is 2.15. The summed E-state index contributed by atoms with van der Waals surface area (Å²) in [6, 6.07) is 9.01. The molecular weight excluding hydrogens is 446 g/mol. The Hall–Kier alpha value is -2.69. The van der Waals surface area contributed by atoms with Gasteiger partial charge in [0.1, 0.15) is 0 Å². The van der Waals surface area contributed by atoms with E-state index in [4.69, 9.17) is 4.74 Å². The average Bonchev–Trinajstić information content (AvgIpc) is 3.52. The van der Waals surface area contributed by atoms with Crippen LogP contribution in [0.3, 0.4) is 0 Å². The molecular formula is C22H25N5O3S2. The molecule has 1 aromatic carbocycles. The molecule has 1 unspecified atom stereocenters. The molecule has 0 bridgehead atoms. The van der Waals surface area contributed by atoms with Crippen LogP contribution in [0.2, 0.25) is 0 Å². The van der Waals surface area contributed by atoms with Crippen molar-refractivity contribution in [2.45, 2.75) is 44.5 Å². The van der Waals surface area contributed by atoms with Gasteiger partial charge in [-0.05, 0) is 61.4 Å². The van der Waals surface area contributed by atoms with E-state index in [9.17, 15) is 9.59 Å². The highest BCUT2D eigenvalue weighted by molar-refractivity contribution is 7.99. The van der Waals surface area contributed by atoms with Crippen LogP contribution in [0.1, 0.15) is 24.0 Å². The summed E-state index contributed by atoms with van der Waals surface area (Å²) < 4.78 is 7.80. The minimum atomic E-state index is -0.557. The molecule has 3 aromatic rings. The number of carbonyl (C=O) groups excluding carboxylic acids is 2. The summed E-state index contributed by atoms with van der Waals surface area (Å²) in [4.78, 5) is 25.6. The third-order valence-electron chi connectivity index (χ3n) is 5.22. The van der Waals surface area contributed by atoms with Crippen molar-refractivity contribution in [1.29, 1.82) is 0 Å². The van der Waals surface area contributed by atoms with Gasteiger partial charge in [0.2, 0.25) is 5.91 Å². The molecule has 8 nitrogen and oxygen atoms in total. The Labute approximate surface area is 194 Å². The van der Waals surface area contributed by atoms with Crippen LogP contribution in [-0.4, -0.2) is 45.2 Å². The molecule has 0 saturated carbocycles. The lowest BCUT2D eigenvalue weighted by atomic mass is 10.1. The molecule has 1 saturated heterocycles. The number of hydrogen-bond acceptors (Lipinski definition) is 7. The minimum absolute atomic E-state index is 0.0500. The third-order valence-corrected chi connectivity index (χ3v) is 7.05. The number of anilines is 1. The van der Waals surface area contributed by atoms with Crippen molar-refractivity contribution in [3.05, 3.63) is 46.8 Å². The van der Waals surface area contributed by atoms with Crippen LogP contribution < -0.4 is 10.6 Å². The minimum Gasteiger partial charge on any atom is -0.376 e. The molecule has 1 fully saturated rings. The Kier molecular flexibility index (Phi) is 7.23. The number of benzene rings is 1. The standard InChI is InChI=1S/C22H25N5O3S2/c1-14-7-8-16(11-15(14)2)23-21(29)24-19(28)13-32-22-26-25-20(18-6-4-10-31-18)27(22)12-17-5-3-9-30-17/h4,6-8,10-11,17H,3,5,9,12-13H2,1-2H3,(H2,23,24,28,29). The first-order valence-corrected chi connectivity index (χ1v) is 12.3. The van der Waals surface area contributed by atoms with Crippen molar-refractivity contribution in [2.75, 3.05) is 17.7 Å². The quantitative estimate of drug-likeness (QED) is 0.500. The number of aryl methyl sites for hydroxylation is 2. The Morgan fingerprint density at radius 1 is 1.25 bits per heavy atom. The number of hydrogen-bond donors (Lipinski definition) is 2. The fraction of sp³-hybridized carbons (Fsp3) is 0.364. The van der Waals surface area contributed by atoms with Gasteiger partial charge in [0.25, 0.3) is 0 Å². The second-order valence-corrected chi connectivity index (χ2v) is 9.51. The zero-order valence-electron chi connectivity index (χ0n) is 18.0. The van der Waals surface area contributed by atoms with Crippen molar-refractivity contribution < 1.29 is 14.3 Å². The number of imide groups is 1. The number of rotatable bonds is 7. The van der Waals surface area contributed by atoms with Gasteiger partial charge >= 0.3 is 6.03 Å². The molecule has 168 valence electrons. The van der Waals surface area contributed by atoms with Crippen molar-refractivity contribution in [1.82, 2.24) is 20.1 Å². The fourth-order valence-corrected chi connectivity index (χ4v) is 4.88. The smallest absolute Gasteiger partial charge is 0.325 e.